The number of nitrogens with zero attached hydrogens (tertiary/aromatic N) is 2. The lowest BCUT2D eigenvalue weighted by atomic mass is 9.98. The maximum absolute atomic E-state index is 13.0. The molecule has 0 saturated heterocycles. The van der Waals surface area contributed by atoms with E-state index in [-0.39, 0.29) is 18.0 Å². The number of aryl methyl sites for hydroxylation is 2. The molecule has 0 unspecified atom stereocenters. The molecular weight excluding hydrogens is 366 g/mol. The summed E-state index contributed by atoms with van der Waals surface area (Å²) >= 11 is 0. The molecule has 29 heavy (non-hydrogen) atoms. The second-order valence-electron chi connectivity index (χ2n) is 6.98. The van der Waals surface area contributed by atoms with E-state index in [0.717, 1.165) is 40.2 Å². The van der Waals surface area contributed by atoms with Gasteiger partial charge >= 0.3 is 0 Å². The normalized spacial score (nSPS) is 10.6. The van der Waals surface area contributed by atoms with Crippen LogP contribution in [0.15, 0.2) is 41.7 Å². The molecule has 3 rings (SSSR count). The van der Waals surface area contributed by atoms with Gasteiger partial charge in [0, 0.05) is 53.6 Å². The smallest absolute Gasteiger partial charge is 0.253 e. The van der Waals surface area contributed by atoms with Crippen molar-refractivity contribution >= 4 is 11.6 Å². The van der Waals surface area contributed by atoms with Crippen molar-refractivity contribution in [3.05, 3.63) is 75.2 Å². The highest BCUT2D eigenvalue weighted by Gasteiger charge is 2.16. The number of aromatic amines is 1. The first-order chi connectivity index (χ1) is 13.9. The third kappa shape index (κ3) is 4.51. The second kappa shape index (κ2) is 8.68. The Hall–Kier alpha value is -3.48. The Kier molecular flexibility index (Phi) is 6.07. The van der Waals surface area contributed by atoms with Crippen LogP contribution in [0.1, 0.15) is 39.7 Å². The number of H-pyrrole nitrogens is 1. The first kappa shape index (κ1) is 20.3. The molecule has 0 radical (unpaired) electrons. The minimum Gasteiger partial charge on any atom is -0.385 e. The van der Waals surface area contributed by atoms with Gasteiger partial charge in [0.25, 0.3) is 11.5 Å². The van der Waals surface area contributed by atoms with Crippen molar-refractivity contribution in [3.8, 4) is 11.1 Å². The van der Waals surface area contributed by atoms with Gasteiger partial charge in [-0.05, 0) is 62.6 Å². The standard InChI is InChI=1S/C22H25N5O2/c1-5-25-20-8-16(17-9-23-12-24-10-17)7-18(15(20)4)21(28)26-11-19-13(2)6-14(3)27-22(19)29/h6-10,12,25H,5,11H2,1-4H3,(H,26,28)(H,27,29). The summed E-state index contributed by atoms with van der Waals surface area (Å²) in [6.45, 7) is 8.50. The Morgan fingerprint density at radius 2 is 1.79 bits per heavy atom. The summed E-state index contributed by atoms with van der Waals surface area (Å²) in [5.41, 5.74) is 5.97. The fourth-order valence-corrected chi connectivity index (χ4v) is 3.30. The molecule has 3 N–H and O–H groups in total. The molecular formula is C22H25N5O2. The average molecular weight is 391 g/mol. The van der Waals surface area contributed by atoms with Crippen LogP contribution in [0.2, 0.25) is 0 Å². The summed E-state index contributed by atoms with van der Waals surface area (Å²) in [7, 11) is 0. The highest BCUT2D eigenvalue weighted by molar-refractivity contribution is 5.98. The largest absolute Gasteiger partial charge is 0.385 e. The highest BCUT2D eigenvalue weighted by Crippen LogP contribution is 2.28. The number of rotatable bonds is 6. The summed E-state index contributed by atoms with van der Waals surface area (Å²) in [4.78, 5) is 36.1. The summed E-state index contributed by atoms with van der Waals surface area (Å²) in [6, 6.07) is 5.72. The molecule has 150 valence electrons. The van der Waals surface area contributed by atoms with E-state index in [1.165, 1.54) is 6.33 Å². The summed E-state index contributed by atoms with van der Waals surface area (Å²) < 4.78 is 0. The molecule has 0 bridgehead atoms. The number of nitrogens with one attached hydrogen (secondary N) is 3. The van der Waals surface area contributed by atoms with Gasteiger partial charge in [-0.1, -0.05) is 0 Å². The van der Waals surface area contributed by atoms with Crippen molar-refractivity contribution < 1.29 is 4.79 Å². The minimum absolute atomic E-state index is 0.162. The molecule has 0 fully saturated rings. The molecule has 1 amide bonds. The monoisotopic (exact) mass is 391 g/mol. The summed E-state index contributed by atoms with van der Waals surface area (Å²) in [6.07, 6.45) is 4.90. The van der Waals surface area contributed by atoms with Gasteiger partial charge in [0.15, 0.2) is 0 Å². The first-order valence-corrected chi connectivity index (χ1v) is 9.52. The van der Waals surface area contributed by atoms with Crippen molar-refractivity contribution in [2.45, 2.75) is 34.2 Å². The zero-order chi connectivity index (χ0) is 21.0. The lowest BCUT2D eigenvalue weighted by Crippen LogP contribution is -2.28. The fraction of sp³-hybridized carbons (Fsp3) is 0.273. The van der Waals surface area contributed by atoms with E-state index in [9.17, 15) is 9.59 Å². The molecule has 0 aliphatic rings. The van der Waals surface area contributed by atoms with Crippen LogP contribution in [0.4, 0.5) is 5.69 Å². The van der Waals surface area contributed by atoms with Crippen molar-refractivity contribution in [2.75, 3.05) is 11.9 Å². The van der Waals surface area contributed by atoms with Crippen LogP contribution in [0.25, 0.3) is 11.1 Å². The molecule has 7 nitrogen and oxygen atoms in total. The third-order valence-electron chi connectivity index (χ3n) is 4.83. The van der Waals surface area contributed by atoms with Crippen molar-refractivity contribution in [2.24, 2.45) is 0 Å². The minimum atomic E-state index is -0.236. The van der Waals surface area contributed by atoms with Crippen LogP contribution in [0.5, 0.6) is 0 Å². The van der Waals surface area contributed by atoms with E-state index in [4.69, 9.17) is 0 Å². The van der Waals surface area contributed by atoms with Gasteiger partial charge in [-0.15, -0.1) is 0 Å². The molecule has 2 aromatic heterocycles. The molecule has 3 aromatic rings. The van der Waals surface area contributed by atoms with Gasteiger partial charge in [-0.25, -0.2) is 9.97 Å². The maximum Gasteiger partial charge on any atom is 0.253 e. The third-order valence-corrected chi connectivity index (χ3v) is 4.83. The zero-order valence-corrected chi connectivity index (χ0v) is 17.1. The zero-order valence-electron chi connectivity index (χ0n) is 17.1. The van der Waals surface area contributed by atoms with Gasteiger partial charge in [-0.3, -0.25) is 9.59 Å². The maximum atomic E-state index is 13.0. The first-order valence-electron chi connectivity index (χ1n) is 9.52. The van der Waals surface area contributed by atoms with Gasteiger partial charge in [-0.2, -0.15) is 0 Å². The van der Waals surface area contributed by atoms with Crippen molar-refractivity contribution in [3.63, 3.8) is 0 Å². The Bertz CT molecular complexity index is 1090. The Morgan fingerprint density at radius 3 is 2.45 bits per heavy atom. The van der Waals surface area contributed by atoms with Gasteiger partial charge in [0.05, 0.1) is 0 Å². The second-order valence-corrected chi connectivity index (χ2v) is 6.98. The molecule has 0 atom stereocenters. The Labute approximate surface area is 169 Å². The van der Waals surface area contributed by atoms with Crippen LogP contribution in [-0.2, 0) is 6.54 Å². The lowest BCUT2D eigenvalue weighted by molar-refractivity contribution is 0.0950. The molecule has 1 aromatic carbocycles. The molecule has 0 spiro atoms. The van der Waals surface area contributed by atoms with E-state index >= 15 is 0 Å². The van der Waals surface area contributed by atoms with Crippen molar-refractivity contribution in [1.29, 1.82) is 0 Å². The number of hydrogen-bond acceptors (Lipinski definition) is 5. The van der Waals surface area contributed by atoms with Gasteiger partial charge < -0.3 is 15.6 Å². The van der Waals surface area contributed by atoms with E-state index < -0.39 is 0 Å². The van der Waals surface area contributed by atoms with Crippen LogP contribution in [0.3, 0.4) is 0 Å². The lowest BCUT2D eigenvalue weighted by Gasteiger charge is -2.16. The number of aromatic nitrogens is 3. The van der Waals surface area contributed by atoms with E-state index in [2.05, 4.69) is 25.6 Å². The average Bonchev–Trinajstić information content (AvgIpc) is 2.69. The van der Waals surface area contributed by atoms with Crippen LogP contribution >= 0.6 is 0 Å². The molecule has 2 heterocycles. The SMILES string of the molecule is CCNc1cc(-c2cncnc2)cc(C(=O)NCc2c(C)cc(C)[nH]c2=O)c1C. The predicted molar refractivity (Wildman–Crippen MR) is 114 cm³/mol. The number of hydrogen-bond donors (Lipinski definition) is 3. The van der Waals surface area contributed by atoms with Crippen molar-refractivity contribution in [1.82, 2.24) is 20.3 Å². The summed E-state index contributed by atoms with van der Waals surface area (Å²) in [5.74, 6) is -0.236. The number of pyridine rings is 1. The quantitative estimate of drug-likeness (QED) is 0.599. The van der Waals surface area contributed by atoms with E-state index in [0.29, 0.717) is 11.1 Å². The summed E-state index contributed by atoms with van der Waals surface area (Å²) in [5, 5.41) is 6.19. The number of amides is 1. The van der Waals surface area contributed by atoms with Crippen LogP contribution in [-0.4, -0.2) is 27.4 Å². The molecule has 7 heteroatoms. The van der Waals surface area contributed by atoms with Gasteiger partial charge in [0.1, 0.15) is 6.33 Å². The number of anilines is 1. The number of carbonyl (C=O) groups excluding carboxylic acids is 1. The molecule has 0 aliphatic heterocycles. The Morgan fingerprint density at radius 1 is 1.07 bits per heavy atom. The molecule has 0 saturated carbocycles. The van der Waals surface area contributed by atoms with E-state index in [1.54, 1.807) is 12.4 Å². The van der Waals surface area contributed by atoms with Crippen LogP contribution < -0.4 is 16.2 Å². The topological polar surface area (TPSA) is 99.8 Å². The molecule has 0 aliphatic carbocycles. The predicted octanol–water partition coefficient (Wildman–Crippen LogP) is 3.12. The highest BCUT2D eigenvalue weighted by atomic mass is 16.1. The fourth-order valence-electron chi connectivity index (χ4n) is 3.30. The number of carbonyl (C=O) groups is 1. The van der Waals surface area contributed by atoms with Crippen LogP contribution in [0, 0.1) is 20.8 Å². The Balaban J connectivity index is 1.93. The van der Waals surface area contributed by atoms with E-state index in [1.807, 2.05) is 45.9 Å². The van der Waals surface area contributed by atoms with Gasteiger partial charge in [0.2, 0.25) is 0 Å². The number of benzene rings is 1.